The van der Waals surface area contributed by atoms with Crippen molar-refractivity contribution in [3.05, 3.63) is 35.4 Å². The number of benzene rings is 1. The van der Waals surface area contributed by atoms with Gasteiger partial charge in [-0.15, -0.1) is 0 Å². The van der Waals surface area contributed by atoms with Gasteiger partial charge in [-0.3, -0.25) is 4.79 Å². The lowest BCUT2D eigenvalue weighted by molar-refractivity contribution is -0.141. The lowest BCUT2D eigenvalue weighted by Crippen LogP contribution is -2.46. The first-order valence-electron chi connectivity index (χ1n) is 7.99. The minimum atomic E-state index is -3.12. The fourth-order valence-corrected chi connectivity index (χ4v) is 4.57. The lowest BCUT2D eigenvalue weighted by Gasteiger charge is -2.29. The highest BCUT2D eigenvalue weighted by molar-refractivity contribution is 7.91. The molecule has 0 aliphatic carbocycles. The van der Waals surface area contributed by atoms with Gasteiger partial charge < -0.3 is 9.64 Å². The number of amides is 1. The van der Waals surface area contributed by atoms with Crippen molar-refractivity contribution in [1.29, 1.82) is 5.26 Å². The molecule has 1 heterocycles. The van der Waals surface area contributed by atoms with E-state index in [2.05, 4.69) is 0 Å². The summed E-state index contributed by atoms with van der Waals surface area (Å²) >= 11 is 0. The van der Waals surface area contributed by atoms with E-state index in [4.69, 9.17) is 10.00 Å². The Hall–Kier alpha value is -2.40. The maximum absolute atomic E-state index is 12.6. The average molecular weight is 364 g/mol. The number of sulfone groups is 1. The summed E-state index contributed by atoms with van der Waals surface area (Å²) in [5, 5.41) is 8.87. The van der Waals surface area contributed by atoms with Gasteiger partial charge in [0.2, 0.25) is 0 Å². The van der Waals surface area contributed by atoms with Gasteiger partial charge in [0, 0.05) is 12.6 Å². The van der Waals surface area contributed by atoms with Crippen molar-refractivity contribution >= 4 is 21.7 Å². The van der Waals surface area contributed by atoms with Crippen molar-refractivity contribution in [1.82, 2.24) is 4.90 Å². The summed E-state index contributed by atoms with van der Waals surface area (Å²) in [4.78, 5) is 26.2. The fraction of sp³-hybridized carbons (Fsp3) is 0.471. The highest BCUT2D eigenvalue weighted by Gasteiger charge is 2.36. The molecule has 1 fully saturated rings. The molecule has 134 valence electrons. The lowest BCUT2D eigenvalue weighted by atomic mass is 10.1. The van der Waals surface area contributed by atoms with Crippen LogP contribution in [0.25, 0.3) is 0 Å². The molecule has 0 saturated carbocycles. The Morgan fingerprint density at radius 2 is 2.16 bits per heavy atom. The van der Waals surface area contributed by atoms with E-state index in [1.165, 1.54) is 24.0 Å². The highest BCUT2D eigenvalue weighted by Crippen LogP contribution is 2.19. The van der Waals surface area contributed by atoms with Gasteiger partial charge >= 0.3 is 5.97 Å². The maximum Gasteiger partial charge on any atom is 0.338 e. The van der Waals surface area contributed by atoms with E-state index in [0.29, 0.717) is 18.5 Å². The number of esters is 1. The van der Waals surface area contributed by atoms with Crippen molar-refractivity contribution < 1.29 is 22.7 Å². The Labute approximate surface area is 147 Å². The summed E-state index contributed by atoms with van der Waals surface area (Å²) in [5.41, 5.74) is 0.505. The van der Waals surface area contributed by atoms with Crippen LogP contribution in [0.15, 0.2) is 24.3 Å². The highest BCUT2D eigenvalue weighted by atomic mass is 32.2. The van der Waals surface area contributed by atoms with Gasteiger partial charge in [0.1, 0.15) is 0 Å². The minimum absolute atomic E-state index is 0.0581. The van der Waals surface area contributed by atoms with Crippen molar-refractivity contribution in [3.8, 4) is 6.07 Å². The van der Waals surface area contributed by atoms with Crippen LogP contribution in [0.2, 0.25) is 0 Å². The van der Waals surface area contributed by atoms with Crippen LogP contribution >= 0.6 is 0 Å². The number of carbonyl (C=O) groups is 2. The largest absolute Gasteiger partial charge is 0.449 e. The molecule has 0 spiro atoms. The molecule has 0 aromatic heterocycles. The molecule has 2 atom stereocenters. The smallest absolute Gasteiger partial charge is 0.338 e. The summed E-state index contributed by atoms with van der Waals surface area (Å²) in [6.45, 7) is 3.55. The number of ether oxygens (including phenoxy) is 1. The van der Waals surface area contributed by atoms with E-state index in [1.807, 2.05) is 6.07 Å². The molecule has 25 heavy (non-hydrogen) atoms. The second kappa shape index (κ2) is 7.66. The standard InChI is InChI=1S/C17H20N2O5S/c1-3-19(15-7-8-25(22,23)11-15)16(20)12(2)24-17(21)14-6-4-5-13(9-14)10-18/h4-6,9,12,15H,3,7-8,11H2,1-2H3/t12-,15+/m0/s1. The number of carbonyl (C=O) groups excluding carboxylic acids is 2. The van der Waals surface area contributed by atoms with E-state index in [1.54, 1.807) is 19.1 Å². The molecule has 8 heteroatoms. The van der Waals surface area contributed by atoms with Crippen LogP contribution in [0.3, 0.4) is 0 Å². The van der Waals surface area contributed by atoms with Gasteiger partial charge in [0.15, 0.2) is 15.9 Å². The van der Waals surface area contributed by atoms with E-state index >= 15 is 0 Å². The molecule has 1 aliphatic heterocycles. The number of likely N-dealkylation sites (N-methyl/N-ethyl adjacent to an activating group) is 1. The molecule has 1 aromatic carbocycles. The zero-order chi connectivity index (χ0) is 18.6. The molecule has 7 nitrogen and oxygen atoms in total. The second-order valence-electron chi connectivity index (χ2n) is 5.92. The van der Waals surface area contributed by atoms with E-state index in [-0.39, 0.29) is 23.1 Å². The van der Waals surface area contributed by atoms with E-state index in [9.17, 15) is 18.0 Å². The summed E-state index contributed by atoms with van der Waals surface area (Å²) in [5.74, 6) is -1.11. The number of nitriles is 1. The van der Waals surface area contributed by atoms with Crippen LogP contribution in [0.4, 0.5) is 0 Å². The first-order valence-corrected chi connectivity index (χ1v) is 9.81. The summed E-state index contributed by atoms with van der Waals surface area (Å²) in [7, 11) is -3.12. The molecule has 0 N–H and O–H groups in total. The molecular formula is C17H20N2O5S. The quantitative estimate of drug-likeness (QED) is 0.726. The number of rotatable bonds is 5. The van der Waals surface area contributed by atoms with Crippen LogP contribution in [0.5, 0.6) is 0 Å². The summed E-state index contributed by atoms with van der Waals surface area (Å²) in [6.07, 6.45) is -0.645. The van der Waals surface area contributed by atoms with Crippen LogP contribution in [-0.2, 0) is 19.4 Å². The molecule has 1 aliphatic rings. The maximum atomic E-state index is 12.6. The van der Waals surface area contributed by atoms with Gasteiger partial charge in [-0.05, 0) is 38.5 Å². The van der Waals surface area contributed by atoms with Gasteiger partial charge in [0.05, 0.1) is 28.7 Å². The Morgan fingerprint density at radius 1 is 1.44 bits per heavy atom. The SMILES string of the molecule is CCN(C(=O)[C@H](C)OC(=O)c1cccc(C#N)c1)[C@@H]1CCS(=O)(=O)C1. The van der Waals surface area contributed by atoms with Crippen LogP contribution < -0.4 is 0 Å². The van der Waals surface area contributed by atoms with E-state index in [0.717, 1.165) is 0 Å². The number of hydrogen-bond donors (Lipinski definition) is 0. The summed E-state index contributed by atoms with van der Waals surface area (Å²) in [6, 6.07) is 7.56. The monoisotopic (exact) mass is 364 g/mol. The molecule has 0 radical (unpaired) electrons. The Kier molecular flexibility index (Phi) is 5.80. The second-order valence-corrected chi connectivity index (χ2v) is 8.15. The molecule has 0 bridgehead atoms. The van der Waals surface area contributed by atoms with Crippen molar-refractivity contribution in [3.63, 3.8) is 0 Å². The molecule has 1 aromatic rings. The third kappa shape index (κ3) is 4.57. The molecule has 1 saturated heterocycles. The predicted octanol–water partition coefficient (Wildman–Crippen LogP) is 1.14. The van der Waals surface area contributed by atoms with Crippen molar-refractivity contribution in [2.24, 2.45) is 0 Å². The average Bonchev–Trinajstić information content (AvgIpc) is 2.95. The molecular weight excluding hydrogens is 344 g/mol. The topological polar surface area (TPSA) is 105 Å². The Morgan fingerprint density at radius 3 is 2.72 bits per heavy atom. The van der Waals surface area contributed by atoms with Gasteiger partial charge in [-0.25, -0.2) is 13.2 Å². The first kappa shape index (κ1) is 18.9. The molecule has 2 rings (SSSR count). The van der Waals surface area contributed by atoms with Crippen LogP contribution in [-0.4, -0.2) is 55.4 Å². The Bertz CT molecular complexity index is 813. The normalized spacial score (nSPS) is 19.6. The van der Waals surface area contributed by atoms with Crippen molar-refractivity contribution in [2.45, 2.75) is 32.4 Å². The minimum Gasteiger partial charge on any atom is -0.449 e. The third-order valence-electron chi connectivity index (χ3n) is 4.13. The van der Waals surface area contributed by atoms with Gasteiger partial charge in [-0.1, -0.05) is 6.07 Å². The van der Waals surface area contributed by atoms with Gasteiger partial charge in [-0.2, -0.15) is 5.26 Å². The predicted molar refractivity (Wildman–Crippen MR) is 90.5 cm³/mol. The van der Waals surface area contributed by atoms with Crippen LogP contribution in [0.1, 0.15) is 36.2 Å². The first-order chi connectivity index (χ1) is 11.8. The summed E-state index contributed by atoms with van der Waals surface area (Å²) < 4.78 is 28.5. The van der Waals surface area contributed by atoms with Crippen molar-refractivity contribution in [2.75, 3.05) is 18.1 Å². The zero-order valence-corrected chi connectivity index (χ0v) is 15.0. The fourth-order valence-electron chi connectivity index (χ4n) is 2.84. The number of nitrogens with zero attached hydrogens (tertiary/aromatic N) is 2. The zero-order valence-electron chi connectivity index (χ0n) is 14.1. The van der Waals surface area contributed by atoms with Gasteiger partial charge in [0.25, 0.3) is 5.91 Å². The number of hydrogen-bond acceptors (Lipinski definition) is 6. The van der Waals surface area contributed by atoms with E-state index < -0.39 is 27.8 Å². The third-order valence-corrected chi connectivity index (χ3v) is 5.88. The molecule has 1 amide bonds. The Balaban J connectivity index is 2.05. The van der Waals surface area contributed by atoms with Crippen LogP contribution in [0, 0.1) is 11.3 Å². The molecule has 0 unspecified atom stereocenters.